The van der Waals surface area contributed by atoms with Crippen molar-refractivity contribution in [3.8, 4) is 0 Å². The fourth-order valence-corrected chi connectivity index (χ4v) is 2.49. The highest BCUT2D eigenvalue weighted by atomic mass is 16.6. The largest absolute Gasteiger partial charge is 0.394 e. The van der Waals surface area contributed by atoms with Crippen molar-refractivity contribution in [3.05, 3.63) is 0 Å². The predicted octanol–water partition coefficient (Wildman–Crippen LogP) is -1.13. The number of aliphatic hydroxyl groups is 4. The lowest BCUT2D eigenvalue weighted by molar-refractivity contribution is -0.321. The van der Waals surface area contributed by atoms with E-state index < -0.39 is 42.7 Å². The van der Waals surface area contributed by atoms with Crippen LogP contribution < -0.4 is 5.32 Å². The van der Waals surface area contributed by atoms with E-state index in [1.165, 1.54) is 6.92 Å². The van der Waals surface area contributed by atoms with Gasteiger partial charge in [-0.15, -0.1) is 0 Å². The van der Waals surface area contributed by atoms with Crippen molar-refractivity contribution in [2.24, 2.45) is 0 Å². The average molecular weight is 291 g/mol. The van der Waals surface area contributed by atoms with Crippen LogP contribution in [0.1, 0.15) is 39.5 Å². The molecule has 0 bridgehead atoms. The van der Waals surface area contributed by atoms with Crippen LogP contribution in [-0.2, 0) is 9.53 Å². The molecule has 0 aliphatic carbocycles. The number of amides is 1. The highest BCUT2D eigenvalue weighted by molar-refractivity contribution is 5.73. The molecule has 1 aliphatic heterocycles. The average Bonchev–Trinajstić information content (AvgIpc) is 2.39. The second-order valence-corrected chi connectivity index (χ2v) is 5.30. The number of ether oxygens (including phenoxy) is 1. The second kappa shape index (κ2) is 7.33. The molecule has 1 heterocycles. The summed E-state index contributed by atoms with van der Waals surface area (Å²) < 4.78 is 5.35. The summed E-state index contributed by atoms with van der Waals surface area (Å²) >= 11 is 0. The minimum atomic E-state index is -1.80. The molecule has 5 N–H and O–H groups in total. The number of hydrogen-bond donors (Lipinski definition) is 5. The molecule has 20 heavy (non-hydrogen) atoms. The Labute approximate surface area is 118 Å². The maximum absolute atomic E-state index is 11.2. The smallest absolute Gasteiger partial charge is 0.217 e. The van der Waals surface area contributed by atoms with Gasteiger partial charge in [-0.05, 0) is 6.42 Å². The van der Waals surface area contributed by atoms with Crippen LogP contribution in [0, 0.1) is 0 Å². The Hall–Kier alpha value is -0.730. The van der Waals surface area contributed by atoms with Gasteiger partial charge in [0.1, 0.15) is 24.4 Å². The quantitative estimate of drug-likeness (QED) is 0.395. The minimum Gasteiger partial charge on any atom is -0.394 e. The topological polar surface area (TPSA) is 119 Å². The molecule has 1 aliphatic rings. The summed E-state index contributed by atoms with van der Waals surface area (Å²) in [5.41, 5.74) is 0. The first-order chi connectivity index (χ1) is 9.35. The van der Waals surface area contributed by atoms with E-state index in [0.717, 1.165) is 12.8 Å². The van der Waals surface area contributed by atoms with Gasteiger partial charge in [0.25, 0.3) is 0 Å². The molecule has 0 aromatic rings. The van der Waals surface area contributed by atoms with E-state index >= 15 is 0 Å². The van der Waals surface area contributed by atoms with E-state index in [4.69, 9.17) is 9.84 Å². The molecule has 1 amide bonds. The number of aliphatic hydroxyl groups excluding tert-OH is 3. The van der Waals surface area contributed by atoms with Gasteiger partial charge in [0.15, 0.2) is 5.79 Å². The summed E-state index contributed by atoms with van der Waals surface area (Å²) in [6.45, 7) is 2.73. The maximum atomic E-state index is 11.2. The third-order valence-electron chi connectivity index (χ3n) is 3.59. The molecular formula is C13H25NO6. The van der Waals surface area contributed by atoms with Crippen molar-refractivity contribution in [2.75, 3.05) is 6.61 Å². The summed E-state index contributed by atoms with van der Waals surface area (Å²) in [7, 11) is 0. The van der Waals surface area contributed by atoms with Gasteiger partial charge in [-0.2, -0.15) is 0 Å². The lowest BCUT2D eigenvalue weighted by Crippen LogP contribution is -2.70. The van der Waals surface area contributed by atoms with Crippen molar-refractivity contribution in [2.45, 2.75) is 69.7 Å². The molecule has 0 aromatic carbocycles. The van der Waals surface area contributed by atoms with E-state index in [1.54, 1.807) is 0 Å². The van der Waals surface area contributed by atoms with Crippen LogP contribution in [0.25, 0.3) is 0 Å². The molecular weight excluding hydrogens is 266 g/mol. The number of carbonyl (C=O) groups is 1. The number of hydrogen-bond acceptors (Lipinski definition) is 6. The van der Waals surface area contributed by atoms with Crippen molar-refractivity contribution < 1.29 is 30.0 Å². The molecule has 1 fully saturated rings. The van der Waals surface area contributed by atoms with E-state index in [0.29, 0.717) is 6.42 Å². The Bertz CT molecular complexity index is 326. The SMILES string of the molecule is CCCCC[C@@]1(O)O[C@H](CO)[C@@H](O)[C@H](O)[C@H]1NC(C)=O. The molecule has 1 saturated heterocycles. The third kappa shape index (κ3) is 3.89. The number of rotatable bonds is 6. The summed E-state index contributed by atoms with van der Waals surface area (Å²) in [5, 5.41) is 42.0. The fourth-order valence-electron chi connectivity index (χ4n) is 2.49. The zero-order chi connectivity index (χ0) is 15.3. The van der Waals surface area contributed by atoms with Crippen LogP contribution in [0.5, 0.6) is 0 Å². The van der Waals surface area contributed by atoms with E-state index in [2.05, 4.69) is 5.32 Å². The molecule has 0 aromatic heterocycles. The lowest BCUT2D eigenvalue weighted by Gasteiger charge is -2.47. The minimum absolute atomic E-state index is 0.200. The first kappa shape index (κ1) is 17.3. The van der Waals surface area contributed by atoms with E-state index in [1.807, 2.05) is 6.92 Å². The normalized spacial score (nSPS) is 37.7. The van der Waals surface area contributed by atoms with Gasteiger partial charge in [0.2, 0.25) is 5.91 Å². The third-order valence-corrected chi connectivity index (χ3v) is 3.59. The van der Waals surface area contributed by atoms with Gasteiger partial charge in [-0.3, -0.25) is 4.79 Å². The van der Waals surface area contributed by atoms with Crippen LogP contribution in [-0.4, -0.2) is 63.1 Å². The second-order valence-electron chi connectivity index (χ2n) is 5.30. The first-order valence-electron chi connectivity index (χ1n) is 7.00. The van der Waals surface area contributed by atoms with Crippen LogP contribution in [0.2, 0.25) is 0 Å². The fraction of sp³-hybridized carbons (Fsp3) is 0.923. The Morgan fingerprint density at radius 3 is 2.45 bits per heavy atom. The Morgan fingerprint density at radius 1 is 1.30 bits per heavy atom. The Balaban J connectivity index is 2.90. The highest BCUT2D eigenvalue weighted by Crippen LogP contribution is 2.32. The molecule has 7 nitrogen and oxygen atoms in total. The zero-order valence-electron chi connectivity index (χ0n) is 12.0. The first-order valence-corrected chi connectivity index (χ1v) is 7.00. The summed E-state index contributed by atoms with van der Waals surface area (Å²) in [5.74, 6) is -2.24. The molecule has 0 radical (unpaired) electrons. The molecule has 0 saturated carbocycles. The van der Waals surface area contributed by atoms with Crippen molar-refractivity contribution >= 4 is 5.91 Å². The summed E-state index contributed by atoms with van der Waals surface area (Å²) in [4.78, 5) is 11.2. The summed E-state index contributed by atoms with van der Waals surface area (Å²) in [6.07, 6.45) is -1.21. The standard InChI is InChI=1S/C13H25NO6/c1-3-4-5-6-13(19)12(14-8(2)16)11(18)10(17)9(7-15)20-13/h9-12,15,17-19H,3-7H2,1-2H3,(H,14,16)/t9-,10-,11+,12-,13-/m1/s1. The molecule has 7 heteroatoms. The Morgan fingerprint density at radius 2 is 1.95 bits per heavy atom. The van der Waals surface area contributed by atoms with E-state index in [-0.39, 0.29) is 6.42 Å². The number of carbonyl (C=O) groups excluding carboxylic acids is 1. The molecule has 1 rings (SSSR count). The van der Waals surface area contributed by atoms with Crippen molar-refractivity contribution in [1.82, 2.24) is 5.32 Å². The van der Waals surface area contributed by atoms with Gasteiger partial charge in [0.05, 0.1) is 6.61 Å². The van der Waals surface area contributed by atoms with Crippen molar-refractivity contribution in [1.29, 1.82) is 0 Å². The number of unbranched alkanes of at least 4 members (excludes halogenated alkanes) is 2. The molecule has 0 spiro atoms. The number of nitrogens with one attached hydrogen (secondary N) is 1. The lowest BCUT2D eigenvalue weighted by atomic mass is 9.87. The predicted molar refractivity (Wildman–Crippen MR) is 70.7 cm³/mol. The van der Waals surface area contributed by atoms with Gasteiger partial charge in [0, 0.05) is 13.3 Å². The molecule has 0 unspecified atom stereocenters. The highest BCUT2D eigenvalue weighted by Gasteiger charge is 2.52. The zero-order valence-corrected chi connectivity index (χ0v) is 12.0. The van der Waals surface area contributed by atoms with E-state index in [9.17, 15) is 20.1 Å². The van der Waals surface area contributed by atoms with Crippen molar-refractivity contribution in [3.63, 3.8) is 0 Å². The van der Waals surface area contributed by atoms with Gasteiger partial charge in [-0.1, -0.05) is 19.8 Å². The monoisotopic (exact) mass is 291 g/mol. The Kier molecular flexibility index (Phi) is 6.35. The molecule has 5 atom stereocenters. The summed E-state index contributed by atoms with van der Waals surface area (Å²) in [6, 6.07) is -1.13. The van der Waals surface area contributed by atoms with Gasteiger partial charge < -0.3 is 30.5 Å². The van der Waals surface area contributed by atoms with Crippen LogP contribution in [0.15, 0.2) is 0 Å². The molecule has 118 valence electrons. The van der Waals surface area contributed by atoms with Crippen LogP contribution in [0.3, 0.4) is 0 Å². The maximum Gasteiger partial charge on any atom is 0.217 e. The van der Waals surface area contributed by atoms with Gasteiger partial charge >= 0.3 is 0 Å². The van der Waals surface area contributed by atoms with Gasteiger partial charge in [-0.25, -0.2) is 0 Å². The van der Waals surface area contributed by atoms with Crippen LogP contribution >= 0.6 is 0 Å². The van der Waals surface area contributed by atoms with Crippen LogP contribution in [0.4, 0.5) is 0 Å².